The van der Waals surface area contributed by atoms with Gasteiger partial charge in [0.05, 0.1) is 4.90 Å². The molecule has 5 rings (SSSR count). The van der Waals surface area contributed by atoms with Gasteiger partial charge >= 0.3 is 0 Å². The molecule has 4 nitrogen and oxygen atoms in total. The highest BCUT2D eigenvalue weighted by Gasteiger charge is 2.31. The predicted molar refractivity (Wildman–Crippen MR) is 121 cm³/mol. The zero-order valence-corrected chi connectivity index (χ0v) is 18.0. The number of piperazine rings is 1. The Balaban J connectivity index is 1.29. The molecule has 0 N–H and O–H groups in total. The van der Waals surface area contributed by atoms with Gasteiger partial charge in [-0.3, -0.25) is 0 Å². The largest absolute Gasteiger partial charge is 0.300 e. The van der Waals surface area contributed by atoms with E-state index in [9.17, 15) is 8.42 Å². The van der Waals surface area contributed by atoms with Crippen molar-refractivity contribution in [2.75, 3.05) is 32.7 Å². The third kappa shape index (κ3) is 3.66. The summed E-state index contributed by atoms with van der Waals surface area (Å²) in [7, 11) is -3.49. The Labute approximate surface area is 179 Å². The first kappa shape index (κ1) is 19.7. The van der Waals surface area contributed by atoms with E-state index in [4.69, 9.17) is 0 Å². The van der Waals surface area contributed by atoms with Gasteiger partial charge in [-0.1, -0.05) is 60.7 Å². The fourth-order valence-corrected chi connectivity index (χ4v) is 6.70. The van der Waals surface area contributed by atoms with E-state index >= 15 is 0 Å². The Bertz CT molecular complexity index is 1150. The Hall–Kier alpha value is -2.21. The molecule has 2 aliphatic rings. The molecule has 1 fully saturated rings. The number of hydrogen-bond acceptors (Lipinski definition) is 3. The van der Waals surface area contributed by atoms with Gasteiger partial charge in [0.15, 0.2) is 0 Å². The van der Waals surface area contributed by atoms with Crippen molar-refractivity contribution in [3.63, 3.8) is 0 Å². The van der Waals surface area contributed by atoms with Gasteiger partial charge < -0.3 is 4.90 Å². The first-order valence-electron chi connectivity index (χ1n) is 10.9. The van der Waals surface area contributed by atoms with E-state index in [1.165, 1.54) is 30.4 Å². The average molecular weight is 421 g/mol. The molecule has 1 aliphatic carbocycles. The average Bonchev–Trinajstić information content (AvgIpc) is 2.79. The summed E-state index contributed by atoms with van der Waals surface area (Å²) >= 11 is 0. The summed E-state index contributed by atoms with van der Waals surface area (Å²) in [5.41, 5.74) is 2.99. The van der Waals surface area contributed by atoms with E-state index < -0.39 is 10.0 Å². The number of rotatable bonds is 4. The van der Waals surface area contributed by atoms with Gasteiger partial charge in [-0.2, -0.15) is 4.31 Å². The fraction of sp³-hybridized carbons (Fsp3) is 0.360. The lowest BCUT2D eigenvalue weighted by Crippen LogP contribution is -2.49. The number of fused-ring (bicyclic) bond motifs is 2. The highest BCUT2D eigenvalue weighted by Crippen LogP contribution is 2.33. The molecule has 156 valence electrons. The van der Waals surface area contributed by atoms with Crippen LogP contribution in [0.15, 0.2) is 71.6 Å². The summed E-state index contributed by atoms with van der Waals surface area (Å²) in [4.78, 5) is 2.87. The van der Waals surface area contributed by atoms with Gasteiger partial charge in [-0.15, -0.1) is 0 Å². The van der Waals surface area contributed by atoms with Crippen molar-refractivity contribution in [3.8, 4) is 0 Å². The monoisotopic (exact) mass is 420 g/mol. The minimum absolute atomic E-state index is 0.426. The Morgan fingerprint density at radius 3 is 2.43 bits per heavy atom. The third-order valence-electron chi connectivity index (χ3n) is 6.67. The molecule has 3 aromatic rings. The van der Waals surface area contributed by atoms with Crippen LogP contribution in [0.25, 0.3) is 10.8 Å². The molecule has 1 heterocycles. The van der Waals surface area contributed by atoms with E-state index in [1.54, 1.807) is 10.4 Å². The predicted octanol–water partition coefficient (Wildman–Crippen LogP) is 4.27. The van der Waals surface area contributed by atoms with Crippen LogP contribution in [0.1, 0.15) is 29.9 Å². The molecule has 1 unspecified atom stereocenters. The van der Waals surface area contributed by atoms with Crippen molar-refractivity contribution in [2.24, 2.45) is 0 Å². The van der Waals surface area contributed by atoms with Crippen molar-refractivity contribution in [1.29, 1.82) is 0 Å². The number of nitrogens with zero attached hydrogens (tertiary/aromatic N) is 2. The molecule has 1 saturated heterocycles. The standard InChI is InChI=1S/C25H28N2O2S/c28-30(29,25-14-6-10-21-8-2-4-13-24(21)25)27-17-15-26(16-18-27)19-22-11-5-9-20-7-1-3-12-23(20)22/h1-4,6-8,10,12-14,22H,5,9,11,15-19H2. The summed E-state index contributed by atoms with van der Waals surface area (Å²) in [6.07, 6.45) is 3.66. The molecule has 0 bridgehead atoms. The summed E-state index contributed by atoms with van der Waals surface area (Å²) < 4.78 is 28.4. The lowest BCUT2D eigenvalue weighted by atomic mass is 9.82. The van der Waals surface area contributed by atoms with Crippen LogP contribution in [0.2, 0.25) is 0 Å². The van der Waals surface area contributed by atoms with Crippen molar-refractivity contribution in [1.82, 2.24) is 9.21 Å². The molecule has 30 heavy (non-hydrogen) atoms. The normalized spacial score (nSPS) is 20.9. The Morgan fingerprint density at radius 1 is 0.833 bits per heavy atom. The molecule has 0 saturated carbocycles. The van der Waals surface area contributed by atoms with E-state index in [2.05, 4.69) is 29.2 Å². The molecule has 1 aliphatic heterocycles. The molecule has 5 heteroatoms. The van der Waals surface area contributed by atoms with Crippen molar-refractivity contribution >= 4 is 20.8 Å². The second-order valence-corrected chi connectivity index (χ2v) is 10.4. The molecular weight excluding hydrogens is 392 g/mol. The van der Waals surface area contributed by atoms with Crippen LogP contribution in [0.4, 0.5) is 0 Å². The SMILES string of the molecule is O=S(=O)(c1cccc2ccccc12)N1CCN(CC2CCCc3ccccc32)CC1. The maximum atomic E-state index is 13.4. The highest BCUT2D eigenvalue weighted by atomic mass is 32.2. The maximum Gasteiger partial charge on any atom is 0.243 e. The van der Waals surface area contributed by atoms with Gasteiger partial charge in [0.1, 0.15) is 0 Å². The molecule has 3 aromatic carbocycles. The van der Waals surface area contributed by atoms with Crippen molar-refractivity contribution < 1.29 is 8.42 Å². The summed E-state index contributed by atoms with van der Waals surface area (Å²) in [5.74, 6) is 0.566. The molecule has 0 amide bonds. The summed E-state index contributed by atoms with van der Waals surface area (Å²) in [5, 5.41) is 1.77. The number of aryl methyl sites for hydroxylation is 1. The lowest BCUT2D eigenvalue weighted by molar-refractivity contribution is 0.175. The number of hydrogen-bond donors (Lipinski definition) is 0. The van der Waals surface area contributed by atoms with Gasteiger partial charge in [0.25, 0.3) is 0 Å². The van der Waals surface area contributed by atoms with Crippen LogP contribution in [0.3, 0.4) is 0 Å². The first-order chi connectivity index (χ1) is 14.6. The Kier molecular flexibility index (Phi) is 5.35. The second-order valence-electron chi connectivity index (χ2n) is 8.47. The fourth-order valence-electron chi connectivity index (χ4n) is 5.07. The van der Waals surface area contributed by atoms with Gasteiger partial charge in [-0.05, 0) is 47.8 Å². The van der Waals surface area contributed by atoms with Gasteiger partial charge in [-0.25, -0.2) is 8.42 Å². The topological polar surface area (TPSA) is 40.6 Å². The maximum absolute atomic E-state index is 13.4. The van der Waals surface area contributed by atoms with Crippen LogP contribution >= 0.6 is 0 Å². The molecule has 0 spiro atoms. The molecule has 0 aromatic heterocycles. The Morgan fingerprint density at radius 2 is 1.57 bits per heavy atom. The lowest BCUT2D eigenvalue weighted by Gasteiger charge is -2.37. The number of benzene rings is 3. The molecule has 1 atom stereocenters. The zero-order valence-electron chi connectivity index (χ0n) is 17.2. The van der Waals surface area contributed by atoms with Crippen LogP contribution in [0.5, 0.6) is 0 Å². The second kappa shape index (κ2) is 8.14. The third-order valence-corrected chi connectivity index (χ3v) is 8.63. The van der Waals surface area contributed by atoms with Crippen molar-refractivity contribution in [2.45, 2.75) is 30.1 Å². The van der Waals surface area contributed by atoms with E-state index in [1.807, 2.05) is 36.4 Å². The van der Waals surface area contributed by atoms with Crippen molar-refractivity contribution in [3.05, 3.63) is 77.9 Å². The minimum atomic E-state index is -3.49. The zero-order chi connectivity index (χ0) is 20.6. The smallest absolute Gasteiger partial charge is 0.243 e. The van der Waals surface area contributed by atoms with Gasteiger partial charge in [0, 0.05) is 38.1 Å². The van der Waals surface area contributed by atoms with E-state index in [-0.39, 0.29) is 0 Å². The number of sulfonamides is 1. The van der Waals surface area contributed by atoms with E-state index in [0.29, 0.717) is 23.9 Å². The summed E-state index contributed by atoms with van der Waals surface area (Å²) in [6, 6.07) is 22.1. The molecule has 0 radical (unpaired) electrons. The highest BCUT2D eigenvalue weighted by molar-refractivity contribution is 7.89. The first-order valence-corrected chi connectivity index (χ1v) is 12.3. The quantitative estimate of drug-likeness (QED) is 0.633. The van der Waals surface area contributed by atoms with Crippen LogP contribution in [-0.2, 0) is 16.4 Å². The van der Waals surface area contributed by atoms with Gasteiger partial charge in [0.2, 0.25) is 10.0 Å². The van der Waals surface area contributed by atoms with Crippen LogP contribution in [-0.4, -0.2) is 50.3 Å². The van der Waals surface area contributed by atoms with Crippen LogP contribution in [0, 0.1) is 0 Å². The van der Waals surface area contributed by atoms with Crippen LogP contribution < -0.4 is 0 Å². The minimum Gasteiger partial charge on any atom is -0.300 e. The molecular formula is C25H28N2O2S. The van der Waals surface area contributed by atoms with E-state index in [0.717, 1.165) is 30.4 Å². The summed E-state index contributed by atoms with van der Waals surface area (Å²) in [6.45, 7) is 3.73.